The fourth-order valence-electron chi connectivity index (χ4n) is 5.38. The molecule has 1 spiro atoms. The second-order valence-electron chi connectivity index (χ2n) is 8.97. The number of hydrogen-bond acceptors (Lipinski definition) is 4. The third-order valence-corrected chi connectivity index (χ3v) is 7.19. The van der Waals surface area contributed by atoms with E-state index in [0.717, 1.165) is 18.8 Å². The van der Waals surface area contributed by atoms with E-state index in [1.165, 1.54) is 5.56 Å². The molecule has 1 aromatic rings. The van der Waals surface area contributed by atoms with E-state index < -0.39 is 17.8 Å². The lowest BCUT2D eigenvalue weighted by molar-refractivity contribution is -0.154. The Balaban J connectivity index is 1.43. The van der Waals surface area contributed by atoms with Crippen molar-refractivity contribution in [2.75, 3.05) is 31.1 Å². The smallest absolute Gasteiger partial charge is 0.307 e. The van der Waals surface area contributed by atoms with Gasteiger partial charge in [0.2, 0.25) is 11.8 Å². The molecule has 156 valence electrons. The highest BCUT2D eigenvalue weighted by Crippen LogP contribution is 2.63. The molecule has 2 aliphatic carbocycles. The van der Waals surface area contributed by atoms with E-state index in [-0.39, 0.29) is 23.1 Å². The van der Waals surface area contributed by atoms with E-state index in [2.05, 4.69) is 30.0 Å². The fourth-order valence-corrected chi connectivity index (χ4v) is 5.38. The summed E-state index contributed by atoms with van der Waals surface area (Å²) in [5, 5.41) is 9.67. The van der Waals surface area contributed by atoms with Crippen LogP contribution in [-0.4, -0.2) is 54.0 Å². The summed E-state index contributed by atoms with van der Waals surface area (Å²) < 4.78 is 0. The lowest BCUT2D eigenvalue weighted by Gasteiger charge is -2.41. The molecule has 1 aromatic carbocycles. The first-order valence-corrected chi connectivity index (χ1v) is 10.4. The number of nitrogens with two attached hydrogens (primary N) is 1. The van der Waals surface area contributed by atoms with Crippen LogP contribution < -0.4 is 10.6 Å². The molecule has 29 heavy (non-hydrogen) atoms. The zero-order valence-corrected chi connectivity index (χ0v) is 16.8. The standard InChI is InChI=1S/C22H29N3O4/c1-14-3-2-4-15(11-14)24-7-9-25(10-8-24)20(27)17-12-22(13-18(22)19(23)26)6-5-16(17)21(28)29/h2-4,11,16-18H,5-10,12-13H2,1H3,(H2,23,26)(H,28,29). The summed E-state index contributed by atoms with van der Waals surface area (Å²) in [5.41, 5.74) is 7.59. The second kappa shape index (κ2) is 7.35. The normalized spacial score (nSPS) is 31.6. The van der Waals surface area contributed by atoms with Crippen LogP contribution in [0.25, 0.3) is 0 Å². The van der Waals surface area contributed by atoms with Crippen LogP contribution in [0.5, 0.6) is 0 Å². The number of amides is 2. The average molecular weight is 399 g/mol. The van der Waals surface area contributed by atoms with Crippen molar-refractivity contribution >= 4 is 23.5 Å². The number of carboxylic acid groups (broad SMARTS) is 1. The van der Waals surface area contributed by atoms with Gasteiger partial charge in [-0.1, -0.05) is 12.1 Å². The second-order valence-corrected chi connectivity index (χ2v) is 8.97. The first kappa shape index (κ1) is 19.7. The van der Waals surface area contributed by atoms with Crippen LogP contribution in [-0.2, 0) is 14.4 Å². The number of primary amides is 1. The molecular weight excluding hydrogens is 370 g/mol. The van der Waals surface area contributed by atoms with Gasteiger partial charge in [0.05, 0.1) is 11.8 Å². The molecular formula is C22H29N3O4. The minimum absolute atomic E-state index is 0.0736. The Morgan fingerprint density at radius 3 is 2.41 bits per heavy atom. The molecule has 0 aromatic heterocycles. The molecule has 4 atom stereocenters. The highest BCUT2D eigenvalue weighted by atomic mass is 16.4. The molecule has 4 rings (SSSR count). The van der Waals surface area contributed by atoms with Gasteiger partial charge in [-0.25, -0.2) is 0 Å². The molecule has 0 bridgehead atoms. The number of aliphatic carboxylic acids is 1. The Labute approximate surface area is 170 Å². The van der Waals surface area contributed by atoms with E-state index in [4.69, 9.17) is 5.73 Å². The number of benzene rings is 1. The first-order chi connectivity index (χ1) is 13.8. The summed E-state index contributed by atoms with van der Waals surface area (Å²) in [6.07, 6.45) is 2.27. The maximum atomic E-state index is 13.3. The van der Waals surface area contributed by atoms with Crippen LogP contribution in [0.2, 0.25) is 0 Å². The Morgan fingerprint density at radius 1 is 1.10 bits per heavy atom. The zero-order chi connectivity index (χ0) is 20.8. The third kappa shape index (κ3) is 3.70. The predicted octanol–water partition coefficient (Wildman–Crippen LogP) is 1.64. The summed E-state index contributed by atoms with van der Waals surface area (Å²) in [4.78, 5) is 40.8. The number of rotatable bonds is 4. The van der Waals surface area contributed by atoms with Gasteiger partial charge >= 0.3 is 5.97 Å². The molecule has 7 heteroatoms. The summed E-state index contributed by atoms with van der Waals surface area (Å²) in [6.45, 7) is 4.69. The molecule has 7 nitrogen and oxygen atoms in total. The summed E-state index contributed by atoms with van der Waals surface area (Å²) in [5.74, 6) is -2.74. The van der Waals surface area contributed by atoms with Gasteiger partial charge in [0, 0.05) is 37.8 Å². The molecule has 3 fully saturated rings. The van der Waals surface area contributed by atoms with Crippen molar-refractivity contribution in [1.82, 2.24) is 4.90 Å². The van der Waals surface area contributed by atoms with E-state index >= 15 is 0 Å². The Hall–Kier alpha value is -2.57. The maximum absolute atomic E-state index is 13.3. The Morgan fingerprint density at radius 2 is 1.83 bits per heavy atom. The molecule has 4 unspecified atom stereocenters. The van der Waals surface area contributed by atoms with Crippen molar-refractivity contribution in [1.29, 1.82) is 0 Å². The van der Waals surface area contributed by atoms with Gasteiger partial charge in [0.1, 0.15) is 0 Å². The average Bonchev–Trinajstić information content (AvgIpc) is 3.40. The number of carbonyl (C=O) groups excluding carboxylic acids is 2. The Bertz CT molecular complexity index is 833. The lowest BCUT2D eigenvalue weighted by atomic mass is 9.70. The highest BCUT2D eigenvalue weighted by molar-refractivity contribution is 5.86. The Kier molecular flexibility index (Phi) is 5.00. The van der Waals surface area contributed by atoms with Gasteiger partial charge in [-0.3, -0.25) is 14.4 Å². The quantitative estimate of drug-likeness (QED) is 0.801. The summed E-state index contributed by atoms with van der Waals surface area (Å²) >= 11 is 0. The van der Waals surface area contributed by atoms with Crippen molar-refractivity contribution in [3.8, 4) is 0 Å². The van der Waals surface area contributed by atoms with Gasteiger partial charge in [-0.15, -0.1) is 0 Å². The van der Waals surface area contributed by atoms with Crippen molar-refractivity contribution < 1.29 is 19.5 Å². The van der Waals surface area contributed by atoms with Gasteiger partial charge in [0.25, 0.3) is 0 Å². The number of anilines is 1. The molecule has 3 N–H and O–H groups in total. The zero-order valence-electron chi connectivity index (χ0n) is 16.8. The molecule has 1 heterocycles. The molecule has 0 radical (unpaired) electrons. The van der Waals surface area contributed by atoms with Crippen LogP contribution in [0.15, 0.2) is 24.3 Å². The largest absolute Gasteiger partial charge is 0.481 e. The predicted molar refractivity (Wildman–Crippen MR) is 108 cm³/mol. The van der Waals surface area contributed by atoms with Crippen LogP contribution in [0.4, 0.5) is 5.69 Å². The van der Waals surface area contributed by atoms with Gasteiger partial charge in [-0.2, -0.15) is 0 Å². The first-order valence-electron chi connectivity index (χ1n) is 10.4. The van der Waals surface area contributed by atoms with Gasteiger partial charge < -0.3 is 20.6 Å². The van der Waals surface area contributed by atoms with Crippen molar-refractivity contribution in [2.45, 2.75) is 32.6 Å². The number of aryl methyl sites for hydroxylation is 1. The third-order valence-electron chi connectivity index (χ3n) is 7.19. The molecule has 2 amide bonds. The van der Waals surface area contributed by atoms with Crippen LogP contribution in [0.1, 0.15) is 31.2 Å². The number of hydrogen-bond donors (Lipinski definition) is 2. The summed E-state index contributed by atoms with van der Waals surface area (Å²) in [6, 6.07) is 8.31. The van der Waals surface area contributed by atoms with E-state index in [9.17, 15) is 19.5 Å². The topological polar surface area (TPSA) is 104 Å². The van der Waals surface area contributed by atoms with E-state index in [1.54, 1.807) is 0 Å². The van der Waals surface area contributed by atoms with Gasteiger partial charge in [0.15, 0.2) is 0 Å². The minimum atomic E-state index is -0.909. The monoisotopic (exact) mass is 399 g/mol. The number of nitrogens with zero attached hydrogens (tertiary/aromatic N) is 2. The number of piperazine rings is 1. The van der Waals surface area contributed by atoms with Crippen LogP contribution >= 0.6 is 0 Å². The number of carboxylic acids is 1. The molecule has 1 aliphatic heterocycles. The molecule has 1 saturated heterocycles. The highest BCUT2D eigenvalue weighted by Gasteiger charge is 2.61. The maximum Gasteiger partial charge on any atom is 0.307 e. The van der Waals surface area contributed by atoms with E-state index in [0.29, 0.717) is 38.8 Å². The van der Waals surface area contributed by atoms with Crippen molar-refractivity contribution in [3.05, 3.63) is 29.8 Å². The SMILES string of the molecule is Cc1cccc(N2CCN(C(=O)C3CC4(CCC3C(=O)O)CC4C(N)=O)CC2)c1. The van der Waals surface area contributed by atoms with E-state index in [1.807, 2.05) is 11.0 Å². The molecule has 3 aliphatic rings. The van der Waals surface area contributed by atoms with Crippen LogP contribution in [0.3, 0.4) is 0 Å². The van der Waals surface area contributed by atoms with Crippen molar-refractivity contribution in [3.63, 3.8) is 0 Å². The van der Waals surface area contributed by atoms with Gasteiger partial charge in [-0.05, 0) is 55.7 Å². The lowest BCUT2D eigenvalue weighted by Crippen LogP contribution is -2.52. The summed E-state index contributed by atoms with van der Waals surface area (Å²) in [7, 11) is 0. The fraction of sp³-hybridized carbons (Fsp3) is 0.591. The minimum Gasteiger partial charge on any atom is -0.481 e. The van der Waals surface area contributed by atoms with Crippen molar-refractivity contribution in [2.24, 2.45) is 28.9 Å². The molecule has 2 saturated carbocycles. The van der Waals surface area contributed by atoms with Crippen LogP contribution in [0, 0.1) is 30.1 Å². The number of carbonyl (C=O) groups is 3.